The topological polar surface area (TPSA) is 16.1 Å². The van der Waals surface area contributed by atoms with E-state index in [0.717, 1.165) is 29.2 Å². The zero-order valence-corrected chi connectivity index (χ0v) is 20.7. The molecule has 0 amide bonds. The first-order chi connectivity index (χ1) is 15.3. The van der Waals surface area contributed by atoms with Crippen LogP contribution >= 0.6 is 0 Å². The Kier molecular flexibility index (Phi) is 9.84. The van der Waals surface area contributed by atoms with Crippen molar-refractivity contribution < 1.29 is 0 Å². The monoisotopic (exact) mass is 422 g/mol. The fraction of sp³-hybridized carbons (Fsp3) is 0.690. The first kappa shape index (κ1) is 24.2. The summed E-state index contributed by atoms with van der Waals surface area (Å²) in [5.74, 6) is 4.02. The van der Waals surface area contributed by atoms with Crippen molar-refractivity contribution >= 4 is 10.9 Å². The summed E-state index contributed by atoms with van der Waals surface area (Å²) in [6.07, 6.45) is 15.1. The lowest BCUT2D eigenvalue weighted by atomic mass is 9.75. The number of rotatable bonds is 4. The summed E-state index contributed by atoms with van der Waals surface area (Å²) in [5.41, 5.74) is 2.65. The summed E-state index contributed by atoms with van der Waals surface area (Å²) in [6, 6.07) is 10.9. The van der Waals surface area contributed by atoms with Gasteiger partial charge >= 0.3 is 0 Å². The number of hydrogen-bond donors (Lipinski definition) is 0. The van der Waals surface area contributed by atoms with Crippen LogP contribution in [0, 0.1) is 23.7 Å². The van der Waals surface area contributed by atoms with E-state index in [1.807, 2.05) is 33.9 Å². The van der Waals surface area contributed by atoms with Gasteiger partial charge in [0.1, 0.15) is 0 Å². The van der Waals surface area contributed by atoms with Crippen LogP contribution in [-0.2, 0) is 6.42 Å². The van der Waals surface area contributed by atoms with E-state index in [4.69, 9.17) is 0 Å². The van der Waals surface area contributed by atoms with Crippen molar-refractivity contribution in [2.75, 3.05) is 19.6 Å². The van der Waals surface area contributed by atoms with E-state index < -0.39 is 0 Å². The van der Waals surface area contributed by atoms with Crippen molar-refractivity contribution in [3.05, 3.63) is 42.1 Å². The van der Waals surface area contributed by atoms with Gasteiger partial charge < -0.3 is 4.90 Å². The van der Waals surface area contributed by atoms with E-state index in [1.54, 1.807) is 0 Å². The highest BCUT2D eigenvalue weighted by Crippen LogP contribution is 2.44. The quantitative estimate of drug-likeness (QED) is 0.500. The molecule has 0 radical (unpaired) electrons. The number of para-hydroxylation sites is 1. The van der Waals surface area contributed by atoms with Crippen LogP contribution in [0.15, 0.2) is 36.5 Å². The summed E-state index contributed by atoms with van der Waals surface area (Å²) < 4.78 is 0. The molecular weight excluding hydrogens is 376 g/mol. The number of pyridine rings is 1. The Morgan fingerprint density at radius 1 is 0.806 bits per heavy atom. The van der Waals surface area contributed by atoms with Gasteiger partial charge in [-0.15, -0.1) is 0 Å². The van der Waals surface area contributed by atoms with Gasteiger partial charge in [0.25, 0.3) is 0 Å². The Morgan fingerprint density at radius 3 is 2.35 bits per heavy atom. The molecule has 3 aliphatic rings. The van der Waals surface area contributed by atoms with E-state index in [0.29, 0.717) is 0 Å². The molecule has 0 N–H and O–H groups in total. The number of fused-ring (bicyclic) bond motifs is 2. The van der Waals surface area contributed by atoms with Gasteiger partial charge in [-0.05, 0) is 93.0 Å². The number of aromatic nitrogens is 1. The molecule has 1 saturated heterocycles. The summed E-state index contributed by atoms with van der Waals surface area (Å²) in [5, 5.41) is 1.36. The predicted octanol–water partition coefficient (Wildman–Crippen LogP) is 7.76. The fourth-order valence-electron chi connectivity index (χ4n) is 6.35. The second-order valence-corrected chi connectivity index (χ2v) is 9.57. The molecule has 1 aliphatic heterocycles. The van der Waals surface area contributed by atoms with E-state index >= 15 is 0 Å². The average Bonchev–Trinajstić information content (AvgIpc) is 3.31. The molecule has 2 heteroatoms. The van der Waals surface area contributed by atoms with E-state index in [9.17, 15) is 0 Å². The Bertz CT molecular complexity index is 757. The molecule has 2 aliphatic carbocycles. The van der Waals surface area contributed by atoms with Gasteiger partial charge in [-0.1, -0.05) is 65.2 Å². The zero-order chi connectivity index (χ0) is 22.1. The lowest BCUT2D eigenvalue weighted by Crippen LogP contribution is -2.39. The molecule has 0 spiro atoms. The van der Waals surface area contributed by atoms with Crippen molar-refractivity contribution in [3.8, 4) is 0 Å². The fourth-order valence-corrected chi connectivity index (χ4v) is 6.35. The predicted molar refractivity (Wildman–Crippen MR) is 135 cm³/mol. The van der Waals surface area contributed by atoms with Gasteiger partial charge in [0, 0.05) is 18.1 Å². The van der Waals surface area contributed by atoms with E-state index in [-0.39, 0.29) is 0 Å². The molecule has 5 rings (SSSR count). The van der Waals surface area contributed by atoms with Gasteiger partial charge in [0.05, 0.1) is 5.52 Å². The van der Waals surface area contributed by atoms with Crippen molar-refractivity contribution in [2.24, 2.45) is 23.7 Å². The van der Waals surface area contributed by atoms with Gasteiger partial charge in [-0.2, -0.15) is 0 Å². The second-order valence-electron chi connectivity index (χ2n) is 9.57. The van der Waals surface area contributed by atoms with Gasteiger partial charge in [0.2, 0.25) is 0 Å². The van der Waals surface area contributed by atoms with Gasteiger partial charge in [-0.3, -0.25) is 4.98 Å². The minimum absolute atomic E-state index is 0.845. The largest absolute Gasteiger partial charge is 0.303 e. The van der Waals surface area contributed by atoms with Crippen LogP contribution in [0.4, 0.5) is 0 Å². The van der Waals surface area contributed by atoms with Crippen LogP contribution in [0.3, 0.4) is 0 Å². The standard InChI is InChI=1S/C25H34N2.2C2H6/c1-2-7-25-24(6-1)23(10-13-26-25)16-19-11-14-27(15-12-19)18-20-8-9-21-4-3-5-22(21)17-20;2*1-2/h1-2,6-7,10,13,19-22H,3-5,8-9,11-12,14-18H2;2*1-2H3. The molecule has 2 aromatic rings. The summed E-state index contributed by atoms with van der Waals surface area (Å²) >= 11 is 0. The number of benzene rings is 1. The van der Waals surface area contributed by atoms with Crippen LogP contribution in [0.1, 0.15) is 84.6 Å². The normalized spacial score (nSPS) is 26.4. The smallest absolute Gasteiger partial charge is 0.0704 e. The SMILES string of the molecule is CC.CC.c1ccc2c(CC3CCN(CC4CCC5CCCC5C4)CC3)ccnc2c1. The molecular formula is C29H46N2. The minimum Gasteiger partial charge on any atom is -0.303 e. The van der Waals surface area contributed by atoms with Crippen LogP contribution in [0.5, 0.6) is 0 Å². The third-order valence-corrected chi connectivity index (χ3v) is 7.87. The van der Waals surface area contributed by atoms with Crippen molar-refractivity contribution in [3.63, 3.8) is 0 Å². The highest BCUT2D eigenvalue weighted by atomic mass is 15.1. The minimum atomic E-state index is 0.845. The Labute approximate surface area is 191 Å². The maximum atomic E-state index is 4.53. The number of hydrogen-bond acceptors (Lipinski definition) is 2. The Balaban J connectivity index is 0.000000645. The highest BCUT2D eigenvalue weighted by Gasteiger charge is 2.34. The first-order valence-corrected chi connectivity index (χ1v) is 13.4. The summed E-state index contributed by atoms with van der Waals surface area (Å²) in [4.78, 5) is 7.32. The molecule has 172 valence electrons. The molecule has 3 fully saturated rings. The lowest BCUT2D eigenvalue weighted by molar-refractivity contribution is 0.119. The Morgan fingerprint density at radius 2 is 1.55 bits per heavy atom. The molecule has 3 unspecified atom stereocenters. The highest BCUT2D eigenvalue weighted by molar-refractivity contribution is 5.81. The van der Waals surface area contributed by atoms with Crippen LogP contribution in [0.25, 0.3) is 10.9 Å². The van der Waals surface area contributed by atoms with Crippen LogP contribution in [0.2, 0.25) is 0 Å². The van der Waals surface area contributed by atoms with Crippen LogP contribution in [-0.4, -0.2) is 29.5 Å². The van der Waals surface area contributed by atoms with Gasteiger partial charge in [0.15, 0.2) is 0 Å². The summed E-state index contributed by atoms with van der Waals surface area (Å²) in [7, 11) is 0. The maximum Gasteiger partial charge on any atom is 0.0704 e. The maximum absolute atomic E-state index is 4.53. The molecule has 2 heterocycles. The average molecular weight is 423 g/mol. The molecule has 3 atom stereocenters. The first-order valence-electron chi connectivity index (χ1n) is 13.4. The van der Waals surface area contributed by atoms with Crippen molar-refractivity contribution in [1.29, 1.82) is 0 Å². The van der Waals surface area contributed by atoms with Crippen molar-refractivity contribution in [2.45, 2.75) is 85.5 Å². The van der Waals surface area contributed by atoms with E-state index in [2.05, 4.69) is 40.2 Å². The zero-order valence-electron chi connectivity index (χ0n) is 20.7. The molecule has 1 aromatic carbocycles. The summed E-state index contributed by atoms with van der Waals surface area (Å²) in [6.45, 7) is 12.0. The Hall–Kier alpha value is -1.41. The second kappa shape index (κ2) is 12.6. The molecule has 0 bridgehead atoms. The molecule has 1 aromatic heterocycles. The van der Waals surface area contributed by atoms with Crippen LogP contribution < -0.4 is 0 Å². The number of likely N-dealkylation sites (tertiary alicyclic amines) is 1. The lowest BCUT2D eigenvalue weighted by Gasteiger charge is -2.38. The molecule has 2 nitrogen and oxygen atoms in total. The molecule has 2 saturated carbocycles. The number of nitrogens with zero attached hydrogens (tertiary/aromatic N) is 2. The number of piperidine rings is 1. The third-order valence-electron chi connectivity index (χ3n) is 7.87. The van der Waals surface area contributed by atoms with E-state index in [1.165, 1.54) is 88.4 Å². The van der Waals surface area contributed by atoms with Crippen molar-refractivity contribution in [1.82, 2.24) is 9.88 Å². The molecule has 31 heavy (non-hydrogen) atoms. The van der Waals surface area contributed by atoms with Gasteiger partial charge in [-0.25, -0.2) is 0 Å². The third kappa shape index (κ3) is 6.31.